The van der Waals surface area contributed by atoms with Crippen LogP contribution in [-0.2, 0) is 11.3 Å². The molecule has 2 nitrogen and oxygen atoms in total. The second-order valence-corrected chi connectivity index (χ2v) is 4.90. The maximum absolute atomic E-state index is 12.8. The molecular weight excluding hydrogens is 241 g/mol. The van der Waals surface area contributed by atoms with Crippen molar-refractivity contribution in [2.45, 2.75) is 26.0 Å². The smallest absolute Gasteiger partial charge is 0.124 e. The number of hydrogen-bond donors (Lipinski definition) is 1. The fourth-order valence-electron chi connectivity index (χ4n) is 2.10. The molecule has 2 atom stereocenters. The molecule has 2 rings (SSSR count). The zero-order chi connectivity index (χ0) is 12.3. The van der Waals surface area contributed by atoms with Crippen LogP contribution in [0.15, 0.2) is 18.2 Å². The molecule has 1 aliphatic heterocycles. The van der Waals surface area contributed by atoms with Gasteiger partial charge in [-0.3, -0.25) is 0 Å². The lowest BCUT2D eigenvalue weighted by Gasteiger charge is -2.15. The van der Waals surface area contributed by atoms with Crippen LogP contribution in [0.3, 0.4) is 0 Å². The van der Waals surface area contributed by atoms with Crippen molar-refractivity contribution < 1.29 is 9.13 Å². The van der Waals surface area contributed by atoms with Crippen LogP contribution in [0.25, 0.3) is 0 Å². The molecule has 1 aromatic carbocycles. The van der Waals surface area contributed by atoms with Gasteiger partial charge in [-0.25, -0.2) is 4.39 Å². The average Bonchev–Trinajstić information content (AvgIpc) is 2.68. The molecule has 0 bridgehead atoms. The molecule has 2 unspecified atom stereocenters. The molecule has 0 spiro atoms. The van der Waals surface area contributed by atoms with Gasteiger partial charge in [-0.05, 0) is 37.0 Å². The minimum atomic E-state index is -0.295. The summed E-state index contributed by atoms with van der Waals surface area (Å²) in [7, 11) is 0. The average molecular weight is 258 g/mol. The third-order valence-corrected chi connectivity index (χ3v) is 3.62. The van der Waals surface area contributed by atoms with Crippen molar-refractivity contribution in [1.82, 2.24) is 5.32 Å². The van der Waals surface area contributed by atoms with Crippen molar-refractivity contribution in [3.63, 3.8) is 0 Å². The van der Waals surface area contributed by atoms with Gasteiger partial charge in [0.25, 0.3) is 0 Å². The van der Waals surface area contributed by atoms with Crippen LogP contribution < -0.4 is 5.32 Å². The quantitative estimate of drug-likeness (QED) is 0.895. The maximum Gasteiger partial charge on any atom is 0.124 e. The number of nitrogens with one attached hydrogen (secondary N) is 1. The topological polar surface area (TPSA) is 21.3 Å². The van der Waals surface area contributed by atoms with Crippen molar-refractivity contribution in [2.24, 2.45) is 5.92 Å². The molecule has 0 aliphatic carbocycles. The van der Waals surface area contributed by atoms with Crippen LogP contribution in [0.5, 0.6) is 0 Å². The summed E-state index contributed by atoms with van der Waals surface area (Å²) < 4.78 is 18.3. The summed E-state index contributed by atoms with van der Waals surface area (Å²) >= 11 is 5.95. The van der Waals surface area contributed by atoms with Crippen LogP contribution in [0.4, 0.5) is 4.39 Å². The highest BCUT2D eigenvalue weighted by molar-refractivity contribution is 6.31. The van der Waals surface area contributed by atoms with E-state index in [-0.39, 0.29) is 5.82 Å². The first-order valence-electron chi connectivity index (χ1n) is 5.93. The fraction of sp³-hybridized carbons (Fsp3) is 0.538. The molecule has 0 aromatic heterocycles. The van der Waals surface area contributed by atoms with Crippen molar-refractivity contribution in [2.75, 3.05) is 13.2 Å². The number of rotatable bonds is 4. The molecule has 94 valence electrons. The van der Waals surface area contributed by atoms with Crippen molar-refractivity contribution in [3.05, 3.63) is 34.6 Å². The van der Waals surface area contributed by atoms with Crippen LogP contribution in [0, 0.1) is 11.7 Å². The summed E-state index contributed by atoms with van der Waals surface area (Å²) in [6, 6.07) is 4.50. The monoisotopic (exact) mass is 257 g/mol. The molecule has 0 radical (unpaired) electrons. The Labute approximate surface area is 106 Å². The molecule has 17 heavy (non-hydrogen) atoms. The Balaban J connectivity index is 1.81. The summed E-state index contributed by atoms with van der Waals surface area (Å²) in [6.45, 7) is 4.53. The van der Waals surface area contributed by atoms with Gasteiger partial charge in [0.1, 0.15) is 5.82 Å². The molecular formula is C13H17ClFNO. The second kappa shape index (κ2) is 5.80. The SMILES string of the molecule is CC1OCCC1CNCc1ccc(F)cc1Cl. The van der Waals surface area contributed by atoms with Gasteiger partial charge >= 0.3 is 0 Å². The lowest BCUT2D eigenvalue weighted by molar-refractivity contribution is 0.105. The van der Waals surface area contributed by atoms with Crippen LogP contribution in [0.1, 0.15) is 18.9 Å². The number of ether oxygens (including phenoxy) is 1. The van der Waals surface area contributed by atoms with Gasteiger partial charge in [0.2, 0.25) is 0 Å². The summed E-state index contributed by atoms with van der Waals surface area (Å²) in [4.78, 5) is 0. The molecule has 1 aliphatic rings. The zero-order valence-electron chi connectivity index (χ0n) is 9.88. The summed E-state index contributed by atoms with van der Waals surface area (Å²) in [5, 5.41) is 3.83. The van der Waals surface area contributed by atoms with Gasteiger partial charge in [-0.1, -0.05) is 17.7 Å². The Kier molecular flexibility index (Phi) is 4.37. The van der Waals surface area contributed by atoms with Crippen molar-refractivity contribution in [3.8, 4) is 0 Å². The Bertz CT molecular complexity index is 386. The molecule has 4 heteroatoms. The van der Waals surface area contributed by atoms with E-state index < -0.39 is 0 Å². The number of halogens is 2. The minimum Gasteiger partial charge on any atom is -0.378 e. The fourth-order valence-corrected chi connectivity index (χ4v) is 2.34. The van der Waals surface area contributed by atoms with Crippen LogP contribution in [-0.4, -0.2) is 19.3 Å². The van der Waals surface area contributed by atoms with Gasteiger partial charge in [-0.2, -0.15) is 0 Å². The van der Waals surface area contributed by atoms with E-state index in [0.717, 1.165) is 25.1 Å². The zero-order valence-corrected chi connectivity index (χ0v) is 10.6. The van der Waals surface area contributed by atoms with E-state index in [4.69, 9.17) is 16.3 Å². The Morgan fingerprint density at radius 1 is 1.53 bits per heavy atom. The molecule has 1 aromatic rings. The molecule has 0 amide bonds. The van der Waals surface area contributed by atoms with E-state index in [0.29, 0.717) is 23.6 Å². The van der Waals surface area contributed by atoms with E-state index in [1.807, 2.05) is 0 Å². The van der Waals surface area contributed by atoms with Crippen molar-refractivity contribution >= 4 is 11.6 Å². The minimum absolute atomic E-state index is 0.295. The third kappa shape index (κ3) is 3.41. The lowest BCUT2D eigenvalue weighted by Crippen LogP contribution is -2.26. The van der Waals surface area contributed by atoms with Crippen LogP contribution in [0.2, 0.25) is 5.02 Å². The van der Waals surface area contributed by atoms with Gasteiger partial charge in [-0.15, -0.1) is 0 Å². The molecule has 1 fully saturated rings. The first-order chi connectivity index (χ1) is 8.16. The highest BCUT2D eigenvalue weighted by Gasteiger charge is 2.23. The van der Waals surface area contributed by atoms with Gasteiger partial charge in [0.05, 0.1) is 6.10 Å². The second-order valence-electron chi connectivity index (χ2n) is 4.49. The highest BCUT2D eigenvalue weighted by atomic mass is 35.5. The molecule has 1 N–H and O–H groups in total. The lowest BCUT2D eigenvalue weighted by atomic mass is 10.0. The van der Waals surface area contributed by atoms with E-state index in [1.54, 1.807) is 6.07 Å². The standard InChI is InChI=1S/C13H17ClFNO/c1-9-10(4-5-17-9)7-16-8-11-2-3-12(15)6-13(11)14/h2-3,6,9-10,16H,4-5,7-8H2,1H3. The predicted molar refractivity (Wildman–Crippen MR) is 66.6 cm³/mol. The Hall–Kier alpha value is -0.640. The molecule has 1 saturated heterocycles. The maximum atomic E-state index is 12.8. The van der Waals surface area contributed by atoms with Crippen LogP contribution >= 0.6 is 11.6 Å². The Morgan fingerprint density at radius 3 is 3.00 bits per heavy atom. The summed E-state index contributed by atoms with van der Waals surface area (Å²) in [5.41, 5.74) is 0.930. The molecule has 0 saturated carbocycles. The van der Waals surface area contributed by atoms with E-state index in [2.05, 4.69) is 12.2 Å². The summed E-state index contributed by atoms with van der Waals surface area (Å²) in [5.74, 6) is 0.269. The van der Waals surface area contributed by atoms with E-state index in [1.165, 1.54) is 12.1 Å². The van der Waals surface area contributed by atoms with E-state index >= 15 is 0 Å². The van der Waals surface area contributed by atoms with Gasteiger partial charge in [0, 0.05) is 24.7 Å². The van der Waals surface area contributed by atoms with Gasteiger partial charge < -0.3 is 10.1 Å². The molecule has 1 heterocycles. The Morgan fingerprint density at radius 2 is 2.35 bits per heavy atom. The van der Waals surface area contributed by atoms with E-state index in [9.17, 15) is 4.39 Å². The number of benzene rings is 1. The normalized spacial score (nSPS) is 24.2. The first kappa shape index (κ1) is 12.8. The first-order valence-corrected chi connectivity index (χ1v) is 6.31. The number of hydrogen-bond acceptors (Lipinski definition) is 2. The van der Waals surface area contributed by atoms with Crippen molar-refractivity contribution in [1.29, 1.82) is 0 Å². The third-order valence-electron chi connectivity index (χ3n) is 3.27. The predicted octanol–water partition coefficient (Wildman–Crippen LogP) is 2.99. The van der Waals surface area contributed by atoms with Gasteiger partial charge in [0.15, 0.2) is 0 Å². The largest absolute Gasteiger partial charge is 0.378 e. The highest BCUT2D eigenvalue weighted by Crippen LogP contribution is 2.20. The summed E-state index contributed by atoms with van der Waals surface area (Å²) in [6.07, 6.45) is 1.43.